The first-order valence-electron chi connectivity index (χ1n) is 7.78. The lowest BCUT2D eigenvalue weighted by molar-refractivity contribution is 0.0952. The predicted molar refractivity (Wildman–Crippen MR) is 89.1 cm³/mol. The lowest BCUT2D eigenvalue weighted by atomic mass is 10.1. The highest BCUT2D eigenvalue weighted by molar-refractivity contribution is 9.10. The molecule has 0 atom stereocenters. The SMILES string of the molecule is CCCCCCCCCCNC(=O)c1ccccc1Br. The molecule has 1 rings (SSSR count). The Kier molecular flexibility index (Phi) is 9.38. The molecule has 0 aliphatic heterocycles. The molecule has 0 aliphatic carbocycles. The number of hydrogen-bond donors (Lipinski definition) is 1. The van der Waals surface area contributed by atoms with Crippen molar-refractivity contribution in [3.63, 3.8) is 0 Å². The zero-order valence-electron chi connectivity index (χ0n) is 12.5. The van der Waals surface area contributed by atoms with Gasteiger partial charge in [0.25, 0.3) is 5.91 Å². The molecular formula is C17H26BrNO. The Morgan fingerprint density at radius 3 is 2.25 bits per heavy atom. The fourth-order valence-electron chi connectivity index (χ4n) is 2.20. The molecule has 0 heterocycles. The van der Waals surface area contributed by atoms with Gasteiger partial charge in [0, 0.05) is 11.0 Å². The van der Waals surface area contributed by atoms with Crippen LogP contribution in [0.15, 0.2) is 28.7 Å². The second kappa shape index (κ2) is 10.9. The first-order valence-corrected chi connectivity index (χ1v) is 8.57. The van der Waals surface area contributed by atoms with Crippen molar-refractivity contribution in [2.45, 2.75) is 58.3 Å². The summed E-state index contributed by atoms with van der Waals surface area (Å²) < 4.78 is 0.855. The van der Waals surface area contributed by atoms with Crippen LogP contribution < -0.4 is 5.32 Å². The van der Waals surface area contributed by atoms with Gasteiger partial charge in [-0.3, -0.25) is 4.79 Å². The Hall–Kier alpha value is -0.830. The molecule has 1 aromatic rings. The molecule has 1 N–H and O–H groups in total. The Balaban J connectivity index is 2.04. The van der Waals surface area contributed by atoms with Crippen LogP contribution in [0.4, 0.5) is 0 Å². The van der Waals surface area contributed by atoms with Gasteiger partial charge in [-0.2, -0.15) is 0 Å². The van der Waals surface area contributed by atoms with Crippen LogP contribution in [0.1, 0.15) is 68.6 Å². The standard InChI is InChI=1S/C17H26BrNO/c1-2-3-4-5-6-7-8-11-14-19-17(20)15-12-9-10-13-16(15)18/h9-10,12-13H,2-8,11,14H2,1H3,(H,19,20). The Morgan fingerprint density at radius 1 is 1.00 bits per heavy atom. The Labute approximate surface area is 131 Å². The molecule has 0 spiro atoms. The van der Waals surface area contributed by atoms with Gasteiger partial charge in [0.2, 0.25) is 0 Å². The molecule has 0 saturated carbocycles. The molecule has 112 valence electrons. The number of halogens is 1. The first kappa shape index (κ1) is 17.2. The van der Waals surface area contributed by atoms with Crippen LogP contribution in [0.2, 0.25) is 0 Å². The van der Waals surface area contributed by atoms with Crippen molar-refractivity contribution in [1.82, 2.24) is 5.32 Å². The summed E-state index contributed by atoms with van der Waals surface area (Å²) in [5, 5.41) is 2.98. The van der Waals surface area contributed by atoms with Gasteiger partial charge in [0.15, 0.2) is 0 Å². The summed E-state index contributed by atoms with van der Waals surface area (Å²) in [4.78, 5) is 11.9. The molecular weight excluding hydrogens is 314 g/mol. The van der Waals surface area contributed by atoms with E-state index in [4.69, 9.17) is 0 Å². The molecule has 0 aromatic heterocycles. The zero-order chi connectivity index (χ0) is 14.6. The molecule has 0 radical (unpaired) electrons. The summed E-state index contributed by atoms with van der Waals surface area (Å²) in [7, 11) is 0. The van der Waals surface area contributed by atoms with Crippen LogP contribution in [0.5, 0.6) is 0 Å². The van der Waals surface area contributed by atoms with Crippen LogP contribution >= 0.6 is 15.9 Å². The van der Waals surface area contributed by atoms with Crippen molar-refractivity contribution in [1.29, 1.82) is 0 Å². The largest absolute Gasteiger partial charge is 0.352 e. The van der Waals surface area contributed by atoms with Gasteiger partial charge in [-0.15, -0.1) is 0 Å². The van der Waals surface area contributed by atoms with Crippen LogP contribution in [0.3, 0.4) is 0 Å². The molecule has 20 heavy (non-hydrogen) atoms. The number of nitrogens with one attached hydrogen (secondary N) is 1. The summed E-state index contributed by atoms with van der Waals surface area (Å²) in [6.07, 6.45) is 10.3. The van der Waals surface area contributed by atoms with Crippen molar-refractivity contribution in [2.24, 2.45) is 0 Å². The van der Waals surface area contributed by atoms with Crippen molar-refractivity contribution < 1.29 is 4.79 Å². The second-order valence-electron chi connectivity index (χ2n) is 5.21. The average Bonchev–Trinajstić information content (AvgIpc) is 2.46. The number of benzene rings is 1. The molecule has 0 bridgehead atoms. The highest BCUT2D eigenvalue weighted by atomic mass is 79.9. The van der Waals surface area contributed by atoms with E-state index in [2.05, 4.69) is 28.2 Å². The van der Waals surface area contributed by atoms with Gasteiger partial charge < -0.3 is 5.32 Å². The maximum atomic E-state index is 11.9. The second-order valence-corrected chi connectivity index (χ2v) is 6.06. The predicted octanol–water partition coefficient (Wildman–Crippen LogP) is 5.32. The average molecular weight is 340 g/mol. The maximum absolute atomic E-state index is 11.9. The van der Waals surface area contributed by atoms with E-state index in [0.717, 1.165) is 17.4 Å². The Bertz CT molecular complexity index is 392. The van der Waals surface area contributed by atoms with Crippen LogP contribution in [0.25, 0.3) is 0 Å². The van der Waals surface area contributed by atoms with Crippen LogP contribution in [0, 0.1) is 0 Å². The van der Waals surface area contributed by atoms with Crippen molar-refractivity contribution in [3.8, 4) is 0 Å². The minimum atomic E-state index is 0.0143. The fourth-order valence-corrected chi connectivity index (χ4v) is 2.67. The first-order chi connectivity index (χ1) is 9.75. The van der Waals surface area contributed by atoms with E-state index in [-0.39, 0.29) is 5.91 Å². The third kappa shape index (κ3) is 7.09. The molecule has 1 amide bonds. The van der Waals surface area contributed by atoms with Gasteiger partial charge in [-0.1, -0.05) is 64.0 Å². The fraction of sp³-hybridized carbons (Fsp3) is 0.588. The number of unbranched alkanes of at least 4 members (excludes halogenated alkanes) is 7. The zero-order valence-corrected chi connectivity index (χ0v) is 14.0. The molecule has 2 nitrogen and oxygen atoms in total. The quantitative estimate of drug-likeness (QED) is 0.574. The number of amides is 1. The highest BCUT2D eigenvalue weighted by Crippen LogP contribution is 2.15. The van der Waals surface area contributed by atoms with Crippen LogP contribution in [-0.2, 0) is 0 Å². The number of hydrogen-bond acceptors (Lipinski definition) is 1. The van der Waals surface area contributed by atoms with Gasteiger partial charge in [0.05, 0.1) is 5.56 Å². The topological polar surface area (TPSA) is 29.1 Å². The molecule has 0 saturated heterocycles. The van der Waals surface area contributed by atoms with E-state index in [9.17, 15) is 4.79 Å². The third-order valence-electron chi connectivity index (χ3n) is 3.43. The van der Waals surface area contributed by atoms with Crippen molar-refractivity contribution >= 4 is 21.8 Å². The van der Waals surface area contributed by atoms with E-state index in [1.807, 2.05) is 24.3 Å². The Morgan fingerprint density at radius 2 is 1.60 bits per heavy atom. The number of rotatable bonds is 10. The van der Waals surface area contributed by atoms with E-state index in [0.29, 0.717) is 5.56 Å². The summed E-state index contributed by atoms with van der Waals surface area (Å²) in [5.41, 5.74) is 0.715. The van der Waals surface area contributed by atoms with Gasteiger partial charge >= 0.3 is 0 Å². The highest BCUT2D eigenvalue weighted by Gasteiger charge is 2.07. The summed E-state index contributed by atoms with van der Waals surface area (Å²) in [5.74, 6) is 0.0143. The number of carbonyl (C=O) groups is 1. The van der Waals surface area contributed by atoms with Crippen molar-refractivity contribution in [2.75, 3.05) is 6.54 Å². The van der Waals surface area contributed by atoms with E-state index in [1.165, 1.54) is 44.9 Å². The molecule has 0 fully saturated rings. The minimum absolute atomic E-state index is 0.0143. The van der Waals surface area contributed by atoms with Gasteiger partial charge in [-0.05, 0) is 34.5 Å². The van der Waals surface area contributed by atoms with Crippen LogP contribution in [-0.4, -0.2) is 12.5 Å². The maximum Gasteiger partial charge on any atom is 0.252 e. The van der Waals surface area contributed by atoms with E-state index in [1.54, 1.807) is 0 Å². The molecule has 0 unspecified atom stereocenters. The van der Waals surface area contributed by atoms with E-state index < -0.39 is 0 Å². The minimum Gasteiger partial charge on any atom is -0.352 e. The third-order valence-corrected chi connectivity index (χ3v) is 4.13. The van der Waals surface area contributed by atoms with Crippen molar-refractivity contribution in [3.05, 3.63) is 34.3 Å². The lowest BCUT2D eigenvalue weighted by Crippen LogP contribution is -2.24. The normalized spacial score (nSPS) is 10.5. The van der Waals surface area contributed by atoms with Gasteiger partial charge in [-0.25, -0.2) is 0 Å². The molecule has 1 aromatic carbocycles. The van der Waals surface area contributed by atoms with E-state index >= 15 is 0 Å². The molecule has 3 heteroatoms. The monoisotopic (exact) mass is 339 g/mol. The summed E-state index contributed by atoms with van der Waals surface area (Å²) in [6, 6.07) is 7.54. The smallest absolute Gasteiger partial charge is 0.252 e. The lowest BCUT2D eigenvalue weighted by Gasteiger charge is -2.06. The molecule has 0 aliphatic rings. The number of carbonyl (C=O) groups excluding carboxylic acids is 1. The van der Waals surface area contributed by atoms with Gasteiger partial charge in [0.1, 0.15) is 0 Å². The summed E-state index contributed by atoms with van der Waals surface area (Å²) in [6.45, 7) is 3.02. The summed E-state index contributed by atoms with van der Waals surface area (Å²) >= 11 is 3.40.